The first-order valence-electron chi connectivity index (χ1n) is 12.3. The fraction of sp³-hybridized carbons (Fsp3) is 0.345. The lowest BCUT2D eigenvalue weighted by Gasteiger charge is -2.39. The van der Waals surface area contributed by atoms with Crippen LogP contribution in [-0.2, 0) is 0 Å². The van der Waals surface area contributed by atoms with Crippen molar-refractivity contribution in [3.63, 3.8) is 0 Å². The van der Waals surface area contributed by atoms with Gasteiger partial charge < -0.3 is 14.5 Å². The van der Waals surface area contributed by atoms with Crippen LogP contribution in [0.4, 0.5) is 10.1 Å². The topological polar surface area (TPSA) is 32.8 Å². The maximum absolute atomic E-state index is 13.5. The second kappa shape index (κ2) is 10.4. The van der Waals surface area contributed by atoms with E-state index in [4.69, 9.17) is 4.74 Å². The molecule has 176 valence electrons. The molecule has 4 nitrogen and oxygen atoms in total. The lowest BCUT2D eigenvalue weighted by Crippen LogP contribution is -2.48. The molecule has 0 saturated carbocycles. The normalized spacial score (nSPS) is 18.7. The summed E-state index contributed by atoms with van der Waals surface area (Å²) in [5, 5.41) is 0. The number of nitrogens with zero attached hydrogens (tertiary/aromatic N) is 2. The standard InChI is InChI=1S/C29H31FN2O2/c30-24-12-10-23(11-13-24)29(33)32(25-6-2-1-3-7-25)26-15-19-31(20-16-26)18-14-22-17-21-34-28-9-5-4-8-27(22)28/h1-13,22,26H,14-21H2. The number of para-hydroxylation sites is 2. The molecule has 1 atom stereocenters. The lowest BCUT2D eigenvalue weighted by molar-refractivity contribution is 0.0959. The maximum Gasteiger partial charge on any atom is 0.258 e. The molecule has 1 fully saturated rings. The smallest absolute Gasteiger partial charge is 0.258 e. The first-order chi connectivity index (χ1) is 16.7. The molecule has 1 saturated heterocycles. The Bertz CT molecular complexity index is 1090. The molecular weight excluding hydrogens is 427 g/mol. The van der Waals surface area contributed by atoms with Gasteiger partial charge in [-0.15, -0.1) is 0 Å². The molecule has 0 aliphatic carbocycles. The average molecular weight is 459 g/mol. The van der Waals surface area contributed by atoms with E-state index in [2.05, 4.69) is 23.1 Å². The third-order valence-corrected chi connectivity index (χ3v) is 7.14. The highest BCUT2D eigenvalue weighted by molar-refractivity contribution is 6.06. The van der Waals surface area contributed by atoms with Crippen LogP contribution in [0.2, 0.25) is 0 Å². The Kier molecular flexibility index (Phi) is 6.91. The van der Waals surface area contributed by atoms with Crippen molar-refractivity contribution >= 4 is 11.6 Å². The zero-order chi connectivity index (χ0) is 23.3. The second-order valence-corrected chi connectivity index (χ2v) is 9.25. The minimum atomic E-state index is -0.330. The summed E-state index contributed by atoms with van der Waals surface area (Å²) < 4.78 is 19.2. The van der Waals surface area contributed by atoms with Crippen LogP contribution in [0.25, 0.3) is 0 Å². The Balaban J connectivity index is 1.23. The summed E-state index contributed by atoms with van der Waals surface area (Å²) in [6.07, 6.45) is 4.04. The molecule has 2 aliphatic rings. The molecule has 1 unspecified atom stereocenters. The SMILES string of the molecule is O=C(c1ccc(F)cc1)N(c1ccccc1)C1CCN(CCC2CCOc3ccccc32)CC1. The zero-order valence-corrected chi connectivity index (χ0v) is 19.4. The number of anilines is 1. The van der Waals surface area contributed by atoms with Crippen LogP contribution in [0, 0.1) is 5.82 Å². The van der Waals surface area contributed by atoms with Gasteiger partial charge in [0, 0.05) is 30.4 Å². The maximum atomic E-state index is 13.5. The largest absolute Gasteiger partial charge is 0.493 e. The molecular formula is C29H31FN2O2. The van der Waals surface area contributed by atoms with E-state index in [9.17, 15) is 9.18 Å². The van der Waals surface area contributed by atoms with Crippen molar-refractivity contribution in [3.05, 3.63) is 95.8 Å². The van der Waals surface area contributed by atoms with Gasteiger partial charge in [0.15, 0.2) is 0 Å². The molecule has 5 heteroatoms. The van der Waals surface area contributed by atoms with E-state index in [0.717, 1.165) is 63.4 Å². The van der Waals surface area contributed by atoms with Gasteiger partial charge in [0.1, 0.15) is 11.6 Å². The Morgan fingerprint density at radius 3 is 2.38 bits per heavy atom. The number of fused-ring (bicyclic) bond motifs is 1. The summed E-state index contributed by atoms with van der Waals surface area (Å²) in [6.45, 7) is 3.79. The van der Waals surface area contributed by atoms with Crippen molar-refractivity contribution in [2.75, 3.05) is 31.1 Å². The summed E-state index contributed by atoms with van der Waals surface area (Å²) in [7, 11) is 0. The molecule has 2 heterocycles. The summed E-state index contributed by atoms with van der Waals surface area (Å²) in [5.74, 6) is 1.19. The van der Waals surface area contributed by atoms with Gasteiger partial charge in [0.05, 0.1) is 6.61 Å². The molecule has 1 amide bonds. The number of likely N-dealkylation sites (tertiary alicyclic amines) is 1. The van der Waals surface area contributed by atoms with Gasteiger partial charge in [-0.05, 0) is 86.2 Å². The van der Waals surface area contributed by atoms with E-state index in [-0.39, 0.29) is 17.8 Å². The number of hydrogen-bond donors (Lipinski definition) is 0. The Morgan fingerprint density at radius 2 is 1.62 bits per heavy atom. The van der Waals surface area contributed by atoms with Crippen molar-refractivity contribution < 1.29 is 13.9 Å². The molecule has 2 aliphatic heterocycles. The van der Waals surface area contributed by atoms with Crippen LogP contribution in [0.5, 0.6) is 5.75 Å². The fourth-order valence-electron chi connectivity index (χ4n) is 5.27. The monoisotopic (exact) mass is 458 g/mol. The summed E-state index contributed by atoms with van der Waals surface area (Å²) in [4.78, 5) is 17.9. The van der Waals surface area contributed by atoms with Gasteiger partial charge in [0.2, 0.25) is 0 Å². The van der Waals surface area contributed by atoms with E-state index in [1.54, 1.807) is 12.1 Å². The average Bonchev–Trinajstić information content (AvgIpc) is 2.89. The highest BCUT2D eigenvalue weighted by Gasteiger charge is 2.30. The minimum Gasteiger partial charge on any atom is -0.493 e. The number of ether oxygens (including phenoxy) is 1. The Morgan fingerprint density at radius 1 is 0.912 bits per heavy atom. The second-order valence-electron chi connectivity index (χ2n) is 9.25. The predicted octanol–water partition coefficient (Wildman–Crippen LogP) is 5.89. The number of carbonyl (C=O) groups excluding carboxylic acids is 1. The van der Waals surface area contributed by atoms with Crippen LogP contribution in [0.1, 0.15) is 47.5 Å². The number of halogens is 1. The minimum absolute atomic E-state index is 0.0662. The van der Waals surface area contributed by atoms with Crippen molar-refractivity contribution in [1.82, 2.24) is 4.90 Å². The molecule has 0 N–H and O–H groups in total. The van der Waals surface area contributed by atoms with Gasteiger partial charge in [-0.2, -0.15) is 0 Å². The lowest BCUT2D eigenvalue weighted by atomic mass is 9.90. The summed E-state index contributed by atoms with van der Waals surface area (Å²) in [5.41, 5.74) is 2.75. The molecule has 5 rings (SSSR count). The van der Waals surface area contributed by atoms with Crippen molar-refractivity contribution in [3.8, 4) is 5.75 Å². The molecule has 0 spiro atoms. The molecule has 0 bridgehead atoms. The van der Waals surface area contributed by atoms with E-state index in [0.29, 0.717) is 11.5 Å². The van der Waals surface area contributed by atoms with Crippen LogP contribution >= 0.6 is 0 Å². The number of carbonyl (C=O) groups is 1. The van der Waals surface area contributed by atoms with E-state index in [1.165, 1.54) is 17.7 Å². The molecule has 34 heavy (non-hydrogen) atoms. The van der Waals surface area contributed by atoms with Crippen molar-refractivity contribution in [2.24, 2.45) is 0 Å². The third kappa shape index (κ3) is 5.00. The van der Waals surface area contributed by atoms with Gasteiger partial charge in [0.25, 0.3) is 5.91 Å². The van der Waals surface area contributed by atoms with Crippen LogP contribution < -0.4 is 9.64 Å². The third-order valence-electron chi connectivity index (χ3n) is 7.14. The van der Waals surface area contributed by atoms with Crippen molar-refractivity contribution in [1.29, 1.82) is 0 Å². The van der Waals surface area contributed by atoms with Gasteiger partial charge >= 0.3 is 0 Å². The van der Waals surface area contributed by atoms with E-state index < -0.39 is 0 Å². The van der Waals surface area contributed by atoms with E-state index >= 15 is 0 Å². The number of piperidine rings is 1. The number of benzene rings is 3. The quantitative estimate of drug-likeness (QED) is 0.462. The van der Waals surface area contributed by atoms with Crippen molar-refractivity contribution in [2.45, 2.75) is 37.6 Å². The van der Waals surface area contributed by atoms with Gasteiger partial charge in [-0.25, -0.2) is 4.39 Å². The highest BCUT2D eigenvalue weighted by atomic mass is 19.1. The summed E-state index contributed by atoms with van der Waals surface area (Å²) in [6, 6.07) is 24.2. The highest BCUT2D eigenvalue weighted by Crippen LogP contribution is 2.36. The molecule has 0 aromatic heterocycles. The van der Waals surface area contributed by atoms with Crippen LogP contribution in [0.15, 0.2) is 78.9 Å². The Labute approximate surface area is 201 Å². The van der Waals surface area contributed by atoms with Gasteiger partial charge in [-0.1, -0.05) is 36.4 Å². The van der Waals surface area contributed by atoms with Crippen LogP contribution in [0.3, 0.4) is 0 Å². The predicted molar refractivity (Wildman–Crippen MR) is 133 cm³/mol. The number of amides is 1. The molecule has 0 radical (unpaired) electrons. The first kappa shape index (κ1) is 22.6. The fourth-order valence-corrected chi connectivity index (χ4v) is 5.27. The van der Waals surface area contributed by atoms with Crippen LogP contribution in [-0.4, -0.2) is 43.1 Å². The Hall–Kier alpha value is -3.18. The first-order valence-corrected chi connectivity index (χ1v) is 12.3. The zero-order valence-electron chi connectivity index (χ0n) is 19.4. The number of hydrogen-bond acceptors (Lipinski definition) is 3. The number of rotatable bonds is 6. The van der Waals surface area contributed by atoms with Gasteiger partial charge in [-0.3, -0.25) is 4.79 Å². The van der Waals surface area contributed by atoms with E-state index in [1.807, 2.05) is 41.3 Å². The molecule has 3 aromatic carbocycles. The molecule has 3 aromatic rings. The summed E-state index contributed by atoms with van der Waals surface area (Å²) >= 11 is 0.